The monoisotopic (exact) mass is 223 g/mol. The van der Waals surface area contributed by atoms with Crippen LogP contribution in [-0.2, 0) is 0 Å². The molecule has 1 heteroatoms. The normalized spacial score (nSPS) is 13.4. The summed E-state index contributed by atoms with van der Waals surface area (Å²) in [6.07, 6.45) is 9.43. The molecule has 1 nitrogen and oxygen atoms in total. The molecule has 0 N–H and O–H groups in total. The van der Waals surface area contributed by atoms with E-state index in [1.165, 1.54) is 30.5 Å². The predicted molar refractivity (Wildman–Crippen MR) is 74.3 cm³/mol. The number of hydrogen-bond donors (Lipinski definition) is 0. The number of allylic oxidation sites excluding steroid dienone is 3. The molecule has 94 valence electrons. The van der Waals surface area contributed by atoms with E-state index in [1.807, 2.05) is 0 Å². The molecule has 0 bridgehead atoms. The van der Waals surface area contributed by atoms with Crippen molar-refractivity contribution < 1.29 is 0 Å². The Balaban J connectivity index is 4.19. The fraction of sp³-hybridized carbons (Fsp3) is 0.733. The van der Waals surface area contributed by atoms with Gasteiger partial charge in [0.25, 0.3) is 0 Å². The third-order valence-corrected chi connectivity index (χ3v) is 2.97. The molecule has 0 fully saturated rings. The predicted octanol–water partition coefficient (Wildman–Crippen LogP) is 4.96. The van der Waals surface area contributed by atoms with Crippen molar-refractivity contribution in [2.24, 2.45) is 5.92 Å². The lowest BCUT2D eigenvalue weighted by molar-refractivity contribution is 0.488. The standard InChI is InChI=1S/C15H29N/c1-7-14(5)12-16(6)15(8-2)11-9-10-13(3)4/h8,12-13H,7,9-11H2,1-6H3/b14-12+,15-8-. The van der Waals surface area contributed by atoms with E-state index in [0.717, 1.165) is 12.3 Å². The quantitative estimate of drug-likeness (QED) is 0.589. The van der Waals surface area contributed by atoms with Gasteiger partial charge in [0.1, 0.15) is 0 Å². The highest BCUT2D eigenvalue weighted by Crippen LogP contribution is 2.16. The van der Waals surface area contributed by atoms with E-state index in [9.17, 15) is 0 Å². The number of rotatable bonds is 7. The molecular weight excluding hydrogens is 194 g/mol. The first-order valence-corrected chi connectivity index (χ1v) is 6.56. The van der Waals surface area contributed by atoms with Crippen molar-refractivity contribution in [3.63, 3.8) is 0 Å². The van der Waals surface area contributed by atoms with Crippen molar-refractivity contribution in [3.05, 3.63) is 23.5 Å². The Labute approximate surface area is 102 Å². The van der Waals surface area contributed by atoms with E-state index >= 15 is 0 Å². The molecule has 0 heterocycles. The van der Waals surface area contributed by atoms with Crippen molar-refractivity contribution in [1.29, 1.82) is 0 Å². The van der Waals surface area contributed by atoms with E-state index in [1.54, 1.807) is 0 Å². The van der Waals surface area contributed by atoms with Crippen molar-refractivity contribution in [2.45, 2.75) is 60.3 Å². The summed E-state index contributed by atoms with van der Waals surface area (Å²) >= 11 is 0. The molecule has 0 spiro atoms. The van der Waals surface area contributed by atoms with Crippen LogP contribution in [0.3, 0.4) is 0 Å². The summed E-state index contributed by atoms with van der Waals surface area (Å²) in [5.74, 6) is 0.816. The summed E-state index contributed by atoms with van der Waals surface area (Å²) in [6.45, 7) is 11.1. The van der Waals surface area contributed by atoms with Crippen LogP contribution in [0.25, 0.3) is 0 Å². The van der Waals surface area contributed by atoms with Gasteiger partial charge < -0.3 is 4.90 Å². The van der Waals surface area contributed by atoms with Crippen LogP contribution in [0, 0.1) is 5.92 Å². The lowest BCUT2D eigenvalue weighted by Crippen LogP contribution is -2.11. The lowest BCUT2D eigenvalue weighted by Gasteiger charge is -2.20. The minimum absolute atomic E-state index is 0.816. The van der Waals surface area contributed by atoms with Crippen LogP contribution in [0.5, 0.6) is 0 Å². The fourth-order valence-electron chi connectivity index (χ4n) is 1.72. The van der Waals surface area contributed by atoms with Gasteiger partial charge in [0.15, 0.2) is 0 Å². The molecule has 0 saturated heterocycles. The first-order chi connectivity index (χ1) is 7.51. The Hall–Kier alpha value is -0.720. The van der Waals surface area contributed by atoms with Gasteiger partial charge in [-0.15, -0.1) is 0 Å². The SMILES string of the molecule is C/C=C(/CCCC(C)C)N(C)/C=C(\C)CC. The third kappa shape index (κ3) is 6.71. The van der Waals surface area contributed by atoms with Crippen LogP contribution in [-0.4, -0.2) is 11.9 Å². The average Bonchev–Trinajstić information content (AvgIpc) is 2.23. The summed E-state index contributed by atoms with van der Waals surface area (Å²) in [5.41, 5.74) is 2.87. The molecule has 0 aromatic rings. The van der Waals surface area contributed by atoms with Crippen LogP contribution in [0.1, 0.15) is 60.3 Å². The van der Waals surface area contributed by atoms with E-state index < -0.39 is 0 Å². The summed E-state index contributed by atoms with van der Waals surface area (Å²) in [4.78, 5) is 2.28. The zero-order chi connectivity index (χ0) is 12.6. The third-order valence-electron chi connectivity index (χ3n) is 2.97. The summed E-state index contributed by atoms with van der Waals surface area (Å²) in [6, 6.07) is 0. The molecule has 0 amide bonds. The van der Waals surface area contributed by atoms with Gasteiger partial charge in [-0.3, -0.25) is 0 Å². The largest absolute Gasteiger partial charge is 0.355 e. The molecule has 0 aliphatic rings. The van der Waals surface area contributed by atoms with Gasteiger partial charge >= 0.3 is 0 Å². The maximum absolute atomic E-state index is 2.29. The van der Waals surface area contributed by atoms with Gasteiger partial charge in [0.2, 0.25) is 0 Å². The summed E-state index contributed by atoms with van der Waals surface area (Å²) in [7, 11) is 2.16. The summed E-state index contributed by atoms with van der Waals surface area (Å²) in [5, 5.41) is 0. The number of hydrogen-bond acceptors (Lipinski definition) is 1. The highest BCUT2D eigenvalue weighted by atomic mass is 15.1. The van der Waals surface area contributed by atoms with E-state index in [-0.39, 0.29) is 0 Å². The lowest BCUT2D eigenvalue weighted by atomic mass is 10.0. The highest BCUT2D eigenvalue weighted by Gasteiger charge is 2.02. The topological polar surface area (TPSA) is 3.24 Å². The molecule has 0 rings (SSSR count). The molecule has 0 aromatic carbocycles. The van der Waals surface area contributed by atoms with Gasteiger partial charge in [0.05, 0.1) is 0 Å². The molecule has 0 radical (unpaired) electrons. The van der Waals surface area contributed by atoms with Gasteiger partial charge in [-0.25, -0.2) is 0 Å². The maximum atomic E-state index is 2.29. The van der Waals surface area contributed by atoms with Crippen molar-refractivity contribution in [1.82, 2.24) is 4.90 Å². The Morgan fingerprint density at radius 1 is 1.31 bits per heavy atom. The van der Waals surface area contributed by atoms with Crippen LogP contribution in [0.4, 0.5) is 0 Å². The summed E-state index contributed by atoms with van der Waals surface area (Å²) < 4.78 is 0. The molecule has 0 saturated carbocycles. The van der Waals surface area contributed by atoms with Crippen molar-refractivity contribution in [3.8, 4) is 0 Å². The Kier molecular flexibility index (Phi) is 8.05. The van der Waals surface area contributed by atoms with Gasteiger partial charge in [0, 0.05) is 18.9 Å². The molecule has 0 unspecified atom stereocenters. The Morgan fingerprint density at radius 3 is 2.38 bits per heavy atom. The van der Waals surface area contributed by atoms with E-state index in [2.05, 4.69) is 58.8 Å². The highest BCUT2D eigenvalue weighted by molar-refractivity contribution is 5.07. The first kappa shape index (κ1) is 15.3. The second kappa shape index (κ2) is 8.43. The van der Waals surface area contributed by atoms with Crippen LogP contribution >= 0.6 is 0 Å². The van der Waals surface area contributed by atoms with Crippen molar-refractivity contribution >= 4 is 0 Å². The van der Waals surface area contributed by atoms with Crippen LogP contribution < -0.4 is 0 Å². The Bertz CT molecular complexity index is 236. The van der Waals surface area contributed by atoms with Crippen molar-refractivity contribution in [2.75, 3.05) is 7.05 Å². The zero-order valence-electron chi connectivity index (χ0n) is 12.0. The fourth-order valence-corrected chi connectivity index (χ4v) is 1.72. The Morgan fingerprint density at radius 2 is 1.94 bits per heavy atom. The molecule has 0 aromatic heterocycles. The van der Waals surface area contributed by atoms with Gasteiger partial charge in [-0.1, -0.05) is 38.8 Å². The van der Waals surface area contributed by atoms with E-state index in [0.29, 0.717) is 0 Å². The van der Waals surface area contributed by atoms with E-state index in [4.69, 9.17) is 0 Å². The van der Waals surface area contributed by atoms with Crippen LogP contribution in [0.2, 0.25) is 0 Å². The second-order valence-electron chi connectivity index (χ2n) is 5.01. The maximum Gasteiger partial charge on any atom is 0.0128 e. The van der Waals surface area contributed by atoms with Gasteiger partial charge in [-0.05, 0) is 39.0 Å². The average molecular weight is 223 g/mol. The molecular formula is C15H29N. The minimum atomic E-state index is 0.816. The minimum Gasteiger partial charge on any atom is -0.355 e. The number of nitrogens with zero attached hydrogens (tertiary/aromatic N) is 1. The van der Waals surface area contributed by atoms with Crippen LogP contribution in [0.15, 0.2) is 23.5 Å². The smallest absolute Gasteiger partial charge is 0.0128 e. The molecule has 0 aliphatic heterocycles. The molecule has 0 aliphatic carbocycles. The zero-order valence-corrected chi connectivity index (χ0v) is 12.0. The van der Waals surface area contributed by atoms with Gasteiger partial charge in [-0.2, -0.15) is 0 Å². The molecule has 0 atom stereocenters. The molecule has 16 heavy (non-hydrogen) atoms. The first-order valence-electron chi connectivity index (χ1n) is 6.56. The second-order valence-corrected chi connectivity index (χ2v) is 5.01.